The number of amides is 2. The van der Waals surface area contributed by atoms with E-state index in [1.165, 1.54) is 0 Å². The summed E-state index contributed by atoms with van der Waals surface area (Å²) in [6, 6.07) is 7.10. The van der Waals surface area contributed by atoms with Gasteiger partial charge in [-0.3, -0.25) is 14.4 Å². The largest absolute Gasteiger partial charge is 0.379 e. The Labute approximate surface area is 183 Å². The molecule has 1 fully saturated rings. The van der Waals surface area contributed by atoms with E-state index in [0.29, 0.717) is 43.7 Å². The van der Waals surface area contributed by atoms with Crippen molar-refractivity contribution in [3.63, 3.8) is 0 Å². The molecule has 1 aliphatic rings. The molecule has 9 heteroatoms. The molecule has 0 radical (unpaired) electrons. The number of piperidine rings is 1. The molecule has 1 saturated heterocycles. The van der Waals surface area contributed by atoms with Gasteiger partial charge < -0.3 is 25.0 Å². The van der Waals surface area contributed by atoms with Crippen LogP contribution in [0.15, 0.2) is 24.3 Å². The third kappa shape index (κ3) is 9.25. The van der Waals surface area contributed by atoms with Gasteiger partial charge in [0.15, 0.2) is 0 Å². The summed E-state index contributed by atoms with van der Waals surface area (Å²) in [6.45, 7) is 4.15. The van der Waals surface area contributed by atoms with E-state index in [1.807, 2.05) is 4.90 Å². The number of likely N-dealkylation sites (tertiary alicyclic amines) is 1. The maximum Gasteiger partial charge on any atom is 0.232 e. The van der Waals surface area contributed by atoms with Gasteiger partial charge in [-0.2, -0.15) is 12.6 Å². The fourth-order valence-electron chi connectivity index (χ4n) is 3.12. The Bertz CT molecular complexity index is 663. The first-order valence-electron chi connectivity index (χ1n) is 10.2. The van der Waals surface area contributed by atoms with Gasteiger partial charge in [-0.25, -0.2) is 0 Å². The quantitative estimate of drug-likeness (QED) is 0.245. The number of nitrogens with zero attached hydrogens (tertiary/aromatic N) is 1. The number of aldehydes is 1. The van der Waals surface area contributed by atoms with Crippen LogP contribution in [0.25, 0.3) is 0 Å². The van der Waals surface area contributed by atoms with E-state index in [0.717, 1.165) is 38.8 Å². The fraction of sp³-hybridized carbons (Fsp3) is 0.571. The highest BCUT2D eigenvalue weighted by Crippen LogP contribution is 2.11. The Kier molecular flexibility index (Phi) is 11.5. The number of carbonyl (C=O) groups is 3. The van der Waals surface area contributed by atoms with Crippen molar-refractivity contribution in [2.24, 2.45) is 0 Å². The van der Waals surface area contributed by atoms with Gasteiger partial charge in [0.2, 0.25) is 11.8 Å². The molecule has 0 aromatic heterocycles. The van der Waals surface area contributed by atoms with Crippen molar-refractivity contribution in [1.82, 2.24) is 10.2 Å². The second-order valence-corrected chi connectivity index (χ2v) is 7.35. The lowest BCUT2D eigenvalue weighted by Crippen LogP contribution is -2.46. The molecule has 0 saturated carbocycles. The van der Waals surface area contributed by atoms with Crippen LogP contribution in [-0.4, -0.2) is 80.9 Å². The molecule has 0 bridgehead atoms. The average molecular weight is 438 g/mol. The molecule has 1 aromatic carbocycles. The van der Waals surface area contributed by atoms with Crippen LogP contribution >= 0.6 is 12.6 Å². The molecule has 2 rings (SSSR count). The summed E-state index contributed by atoms with van der Waals surface area (Å²) in [4.78, 5) is 35.9. The normalized spacial score (nSPS) is 14.5. The first-order valence-corrected chi connectivity index (χ1v) is 10.9. The fourth-order valence-corrected chi connectivity index (χ4v) is 3.32. The molecule has 0 atom stereocenters. The maximum atomic E-state index is 11.8. The van der Waals surface area contributed by atoms with Gasteiger partial charge in [0.25, 0.3) is 0 Å². The van der Waals surface area contributed by atoms with Gasteiger partial charge in [-0.1, -0.05) is 0 Å². The Morgan fingerprint density at radius 2 is 1.73 bits per heavy atom. The molecular weight excluding hydrogens is 406 g/mol. The Morgan fingerprint density at radius 1 is 1.07 bits per heavy atom. The van der Waals surface area contributed by atoms with E-state index in [2.05, 4.69) is 23.3 Å². The van der Waals surface area contributed by atoms with Crippen LogP contribution in [0.3, 0.4) is 0 Å². The monoisotopic (exact) mass is 437 g/mol. The number of benzene rings is 1. The summed E-state index contributed by atoms with van der Waals surface area (Å²) >= 11 is 4.03. The maximum absolute atomic E-state index is 11.8. The zero-order valence-electron chi connectivity index (χ0n) is 17.2. The standard InChI is InChI=1S/C21H31N3O5S/c25-15-17-1-3-19(4-2-17)23-20(26)7-11-28-13-14-29-12-8-22-18-5-9-24(10-6-18)21(27)16-30/h1-4,15,18,22,30H,5-14,16H2,(H,23,26). The lowest BCUT2D eigenvalue weighted by atomic mass is 10.1. The molecule has 1 heterocycles. The predicted octanol–water partition coefficient (Wildman–Crippen LogP) is 1.37. The molecule has 0 unspecified atom stereocenters. The van der Waals surface area contributed by atoms with Crippen molar-refractivity contribution in [3.8, 4) is 0 Å². The van der Waals surface area contributed by atoms with Crippen molar-refractivity contribution < 1.29 is 23.9 Å². The number of anilines is 1. The van der Waals surface area contributed by atoms with Crippen molar-refractivity contribution in [1.29, 1.82) is 0 Å². The summed E-state index contributed by atoms with van der Waals surface area (Å²) in [7, 11) is 0. The Balaban J connectivity index is 1.41. The summed E-state index contributed by atoms with van der Waals surface area (Å²) in [5, 5.41) is 6.21. The van der Waals surface area contributed by atoms with Crippen molar-refractivity contribution >= 4 is 36.4 Å². The highest BCUT2D eigenvalue weighted by molar-refractivity contribution is 7.81. The lowest BCUT2D eigenvalue weighted by molar-refractivity contribution is -0.129. The summed E-state index contributed by atoms with van der Waals surface area (Å²) in [5.41, 5.74) is 1.22. The molecule has 1 aliphatic heterocycles. The minimum Gasteiger partial charge on any atom is -0.379 e. The molecule has 0 aliphatic carbocycles. The minimum atomic E-state index is -0.138. The number of thiol groups is 1. The van der Waals surface area contributed by atoms with Gasteiger partial charge >= 0.3 is 0 Å². The highest BCUT2D eigenvalue weighted by Gasteiger charge is 2.21. The molecule has 166 valence electrons. The second-order valence-electron chi connectivity index (χ2n) is 7.03. The smallest absolute Gasteiger partial charge is 0.232 e. The van der Waals surface area contributed by atoms with Crippen LogP contribution in [-0.2, 0) is 19.1 Å². The molecule has 1 aromatic rings. The van der Waals surface area contributed by atoms with Gasteiger partial charge in [0, 0.05) is 36.9 Å². The number of hydrogen-bond donors (Lipinski definition) is 3. The SMILES string of the molecule is O=Cc1ccc(NC(=O)CCOCCOCCNC2CCN(C(=O)CS)CC2)cc1. The van der Waals surface area contributed by atoms with Crippen molar-refractivity contribution in [2.75, 3.05) is 57.1 Å². The molecule has 2 N–H and O–H groups in total. The minimum absolute atomic E-state index is 0.103. The molecule has 2 amide bonds. The highest BCUT2D eigenvalue weighted by atomic mass is 32.1. The van der Waals surface area contributed by atoms with E-state index in [-0.39, 0.29) is 24.0 Å². The van der Waals surface area contributed by atoms with Gasteiger partial charge in [-0.15, -0.1) is 0 Å². The van der Waals surface area contributed by atoms with Crippen molar-refractivity contribution in [3.05, 3.63) is 29.8 Å². The topological polar surface area (TPSA) is 97.0 Å². The van der Waals surface area contributed by atoms with Gasteiger partial charge in [0.05, 0.1) is 38.6 Å². The summed E-state index contributed by atoms with van der Waals surface area (Å²) < 4.78 is 11.0. The zero-order valence-corrected chi connectivity index (χ0v) is 18.1. The average Bonchev–Trinajstić information content (AvgIpc) is 2.78. The number of hydrogen-bond acceptors (Lipinski definition) is 7. The number of carbonyl (C=O) groups excluding carboxylic acids is 3. The van der Waals surface area contributed by atoms with Crippen LogP contribution < -0.4 is 10.6 Å². The lowest BCUT2D eigenvalue weighted by Gasteiger charge is -2.32. The first-order chi connectivity index (χ1) is 14.6. The number of nitrogens with one attached hydrogen (secondary N) is 2. The van der Waals surface area contributed by atoms with Crippen LogP contribution in [0, 0.1) is 0 Å². The van der Waals surface area contributed by atoms with Crippen LogP contribution in [0.5, 0.6) is 0 Å². The van der Waals surface area contributed by atoms with Crippen molar-refractivity contribution in [2.45, 2.75) is 25.3 Å². The number of rotatable bonds is 13. The molecular formula is C21H31N3O5S. The van der Waals surface area contributed by atoms with E-state index in [9.17, 15) is 14.4 Å². The van der Waals surface area contributed by atoms with Gasteiger partial charge in [-0.05, 0) is 37.1 Å². The van der Waals surface area contributed by atoms with E-state index < -0.39 is 0 Å². The van der Waals surface area contributed by atoms with Crippen LogP contribution in [0.2, 0.25) is 0 Å². The second kappa shape index (κ2) is 14.1. The Hall–Kier alpha value is -1.94. The van der Waals surface area contributed by atoms with E-state index in [1.54, 1.807) is 24.3 Å². The summed E-state index contributed by atoms with van der Waals surface area (Å²) in [5.74, 6) is 0.238. The predicted molar refractivity (Wildman–Crippen MR) is 118 cm³/mol. The van der Waals surface area contributed by atoms with E-state index >= 15 is 0 Å². The van der Waals surface area contributed by atoms with Crippen LogP contribution in [0.4, 0.5) is 5.69 Å². The third-order valence-corrected chi connectivity index (χ3v) is 5.11. The molecule has 8 nitrogen and oxygen atoms in total. The summed E-state index contributed by atoms with van der Waals surface area (Å²) in [6.07, 6.45) is 2.92. The zero-order chi connectivity index (χ0) is 21.6. The molecule has 0 spiro atoms. The van der Waals surface area contributed by atoms with Gasteiger partial charge in [0.1, 0.15) is 6.29 Å². The van der Waals surface area contributed by atoms with Crippen LogP contribution in [0.1, 0.15) is 29.6 Å². The number of ether oxygens (including phenoxy) is 2. The Morgan fingerprint density at radius 3 is 2.37 bits per heavy atom. The third-order valence-electron chi connectivity index (χ3n) is 4.84. The first kappa shape index (κ1) is 24.3. The molecule has 30 heavy (non-hydrogen) atoms. The van der Waals surface area contributed by atoms with E-state index in [4.69, 9.17) is 9.47 Å².